The van der Waals surface area contributed by atoms with Crippen LogP contribution in [-0.2, 0) is 20.6 Å². The van der Waals surface area contributed by atoms with Crippen molar-refractivity contribution in [3.8, 4) is 0 Å². The highest BCUT2D eigenvalue weighted by Gasteiger charge is 2.16. The Bertz CT molecular complexity index is 726. The number of nitrogens with zero attached hydrogens (tertiary/aromatic N) is 3. The van der Waals surface area contributed by atoms with Crippen LogP contribution in [0.2, 0.25) is 0 Å². The molecule has 1 amide bonds. The second-order valence-electron chi connectivity index (χ2n) is 4.31. The van der Waals surface area contributed by atoms with Crippen molar-refractivity contribution < 1.29 is 13.2 Å². The smallest absolute Gasteiger partial charge is 0.241 e. The number of thioether (sulfide) groups is 1. The number of carbonyl (C=O) groups is 1. The van der Waals surface area contributed by atoms with Crippen LogP contribution in [0.4, 0.5) is 5.13 Å². The lowest BCUT2D eigenvalue weighted by molar-refractivity contribution is -0.116. The van der Waals surface area contributed by atoms with Crippen LogP contribution in [-0.4, -0.2) is 48.7 Å². The van der Waals surface area contributed by atoms with Crippen molar-refractivity contribution in [1.29, 1.82) is 0 Å². The molecule has 2 heterocycles. The summed E-state index contributed by atoms with van der Waals surface area (Å²) in [5, 5.41) is 12.8. The van der Waals surface area contributed by atoms with Crippen molar-refractivity contribution in [2.45, 2.75) is 10.1 Å². The van der Waals surface area contributed by atoms with E-state index in [-0.39, 0.29) is 6.54 Å². The van der Waals surface area contributed by atoms with Gasteiger partial charge in [0.1, 0.15) is 0 Å². The number of thiophene rings is 1. The molecule has 0 aliphatic heterocycles. The Morgan fingerprint density at radius 3 is 2.86 bits per heavy atom. The molecule has 2 aromatic heterocycles. The van der Waals surface area contributed by atoms with Gasteiger partial charge in [0.15, 0.2) is 4.34 Å². The maximum Gasteiger partial charge on any atom is 0.241 e. The molecule has 0 spiro atoms. The third-order valence-corrected chi connectivity index (χ3v) is 6.84. The zero-order valence-electron chi connectivity index (χ0n) is 11.8. The van der Waals surface area contributed by atoms with Gasteiger partial charge in [-0.25, -0.2) is 8.42 Å². The number of amides is 1. The lowest BCUT2D eigenvalue weighted by Crippen LogP contribution is -2.34. The van der Waals surface area contributed by atoms with Gasteiger partial charge in [-0.15, -0.1) is 21.5 Å². The first kappa shape index (κ1) is 17.3. The van der Waals surface area contributed by atoms with E-state index in [2.05, 4.69) is 15.5 Å². The van der Waals surface area contributed by atoms with Crippen molar-refractivity contribution in [1.82, 2.24) is 14.5 Å². The van der Waals surface area contributed by atoms with E-state index in [1.54, 1.807) is 23.1 Å². The second-order valence-corrected chi connectivity index (χ2v) is 9.63. The molecule has 0 aromatic carbocycles. The predicted molar refractivity (Wildman–Crippen MR) is 89.9 cm³/mol. The van der Waals surface area contributed by atoms with Gasteiger partial charge in [-0.05, 0) is 11.4 Å². The van der Waals surface area contributed by atoms with Crippen molar-refractivity contribution in [2.75, 3.05) is 25.2 Å². The molecule has 0 fully saturated rings. The van der Waals surface area contributed by atoms with Crippen LogP contribution in [0.3, 0.4) is 0 Å². The summed E-state index contributed by atoms with van der Waals surface area (Å²) >= 11 is 4.48. The lowest BCUT2D eigenvalue weighted by atomic mass is 10.5. The first-order valence-corrected chi connectivity index (χ1v) is 10.6. The standard InChI is InChI=1S/C11H14N4O3S4/c1-15(22(2,17)18)6-9(16)12-10-13-14-11(21-10)20-7-8-4-3-5-19-8/h3-5H,6-7H2,1-2H3,(H,12,13,16). The third kappa shape index (κ3) is 5.32. The fourth-order valence-corrected chi connectivity index (χ4v) is 4.22. The number of likely N-dealkylation sites (N-methyl/N-ethyl adjacent to an activating group) is 1. The monoisotopic (exact) mass is 378 g/mol. The van der Waals surface area contributed by atoms with Crippen molar-refractivity contribution in [3.63, 3.8) is 0 Å². The molecule has 1 N–H and O–H groups in total. The first-order valence-electron chi connectivity index (χ1n) is 6.04. The number of sulfonamides is 1. The van der Waals surface area contributed by atoms with Gasteiger partial charge >= 0.3 is 0 Å². The van der Waals surface area contributed by atoms with Gasteiger partial charge < -0.3 is 0 Å². The Morgan fingerprint density at radius 1 is 1.45 bits per heavy atom. The van der Waals surface area contributed by atoms with Gasteiger partial charge in [0.05, 0.1) is 12.8 Å². The molecule has 2 aromatic rings. The number of aromatic nitrogens is 2. The highest BCUT2D eigenvalue weighted by molar-refractivity contribution is 8.00. The summed E-state index contributed by atoms with van der Waals surface area (Å²) in [5.74, 6) is 0.357. The second kappa shape index (κ2) is 7.51. The summed E-state index contributed by atoms with van der Waals surface area (Å²) in [5.41, 5.74) is 0. The van der Waals surface area contributed by atoms with Crippen molar-refractivity contribution in [2.24, 2.45) is 0 Å². The summed E-state index contributed by atoms with van der Waals surface area (Å²) in [4.78, 5) is 13.0. The quantitative estimate of drug-likeness (QED) is 0.583. The summed E-state index contributed by atoms with van der Waals surface area (Å²) in [7, 11) is -2.04. The summed E-state index contributed by atoms with van der Waals surface area (Å²) in [6.45, 7) is -0.254. The molecule has 11 heteroatoms. The number of rotatable bonds is 7. The van der Waals surface area contributed by atoms with E-state index in [1.165, 1.54) is 23.3 Å². The van der Waals surface area contributed by atoms with Gasteiger partial charge in [0.25, 0.3) is 0 Å². The fourth-order valence-electron chi connectivity index (χ4n) is 1.32. The van der Waals surface area contributed by atoms with Crippen LogP contribution in [0.25, 0.3) is 0 Å². The Kier molecular flexibility index (Phi) is 5.92. The van der Waals surface area contributed by atoms with Gasteiger partial charge in [-0.2, -0.15) is 4.31 Å². The minimum Gasteiger partial charge on any atom is -0.299 e. The Balaban J connectivity index is 1.85. The summed E-state index contributed by atoms with van der Waals surface area (Å²) < 4.78 is 24.2. The Hall–Kier alpha value is -1.01. The number of nitrogens with one attached hydrogen (secondary N) is 1. The molecule has 120 valence electrons. The maximum atomic E-state index is 11.7. The molecule has 0 radical (unpaired) electrons. The van der Waals surface area contributed by atoms with Gasteiger partial charge in [-0.3, -0.25) is 10.1 Å². The SMILES string of the molecule is CN(CC(=O)Nc1nnc(SCc2cccs2)s1)S(C)(=O)=O. The fraction of sp³-hybridized carbons (Fsp3) is 0.364. The van der Waals surface area contributed by atoms with Gasteiger partial charge in [0, 0.05) is 17.7 Å². The maximum absolute atomic E-state index is 11.7. The third-order valence-electron chi connectivity index (χ3n) is 2.50. The van der Waals surface area contributed by atoms with Gasteiger partial charge in [-0.1, -0.05) is 29.2 Å². The van der Waals surface area contributed by atoms with Crippen LogP contribution in [0.15, 0.2) is 21.9 Å². The van der Waals surface area contributed by atoms with E-state index in [0.29, 0.717) is 5.13 Å². The average molecular weight is 379 g/mol. The molecule has 0 aliphatic rings. The molecular weight excluding hydrogens is 364 g/mol. The minimum absolute atomic E-state index is 0.254. The van der Waals surface area contributed by atoms with Gasteiger partial charge in [0.2, 0.25) is 21.1 Å². The zero-order chi connectivity index (χ0) is 16.2. The molecule has 7 nitrogen and oxygen atoms in total. The lowest BCUT2D eigenvalue weighted by Gasteiger charge is -2.12. The van der Waals surface area contributed by atoms with E-state index in [1.807, 2.05) is 17.5 Å². The molecule has 2 rings (SSSR count). The van der Waals surface area contributed by atoms with E-state index in [9.17, 15) is 13.2 Å². The van der Waals surface area contributed by atoms with Crippen molar-refractivity contribution in [3.05, 3.63) is 22.4 Å². The molecular formula is C11H14N4O3S4. The van der Waals surface area contributed by atoms with E-state index >= 15 is 0 Å². The van der Waals surface area contributed by atoms with Crippen LogP contribution >= 0.6 is 34.4 Å². The number of anilines is 1. The number of carbonyl (C=O) groups excluding carboxylic acids is 1. The van der Waals surface area contributed by atoms with Crippen molar-refractivity contribution >= 4 is 55.5 Å². The number of hydrogen-bond donors (Lipinski definition) is 1. The summed E-state index contributed by atoms with van der Waals surface area (Å²) in [6.07, 6.45) is 1.05. The average Bonchev–Trinajstić information content (AvgIpc) is 3.06. The van der Waals surface area contributed by atoms with Crippen LogP contribution in [0.1, 0.15) is 4.88 Å². The Morgan fingerprint density at radius 2 is 2.23 bits per heavy atom. The Labute approximate surface area is 140 Å². The van der Waals surface area contributed by atoms with E-state index < -0.39 is 15.9 Å². The molecule has 22 heavy (non-hydrogen) atoms. The normalized spacial score (nSPS) is 11.8. The first-order chi connectivity index (χ1) is 10.3. The van der Waals surface area contributed by atoms with Crippen LogP contribution < -0.4 is 5.32 Å². The summed E-state index contributed by atoms with van der Waals surface area (Å²) in [6, 6.07) is 4.03. The molecule has 0 bridgehead atoms. The van der Waals surface area contributed by atoms with Crippen LogP contribution in [0.5, 0.6) is 0 Å². The van der Waals surface area contributed by atoms with E-state index in [0.717, 1.165) is 20.7 Å². The topological polar surface area (TPSA) is 92.3 Å². The minimum atomic E-state index is -3.38. The zero-order valence-corrected chi connectivity index (χ0v) is 15.1. The predicted octanol–water partition coefficient (Wildman–Crippen LogP) is 1.72. The molecule has 0 atom stereocenters. The molecule has 0 saturated heterocycles. The van der Waals surface area contributed by atoms with E-state index in [4.69, 9.17) is 0 Å². The molecule has 0 aliphatic carbocycles. The molecule has 0 unspecified atom stereocenters. The highest BCUT2D eigenvalue weighted by atomic mass is 32.2. The largest absolute Gasteiger partial charge is 0.299 e. The molecule has 0 saturated carbocycles. The highest BCUT2D eigenvalue weighted by Crippen LogP contribution is 2.29. The van der Waals surface area contributed by atoms with Crippen LogP contribution in [0, 0.1) is 0 Å². The number of hydrogen-bond acceptors (Lipinski definition) is 8.